The number of benzene rings is 3. The molecule has 0 N–H and O–H groups in total. The molecule has 0 fully saturated rings. The second-order valence-electron chi connectivity index (χ2n) is 5.64. The van der Waals surface area contributed by atoms with E-state index in [1.165, 1.54) is 32.9 Å². The van der Waals surface area contributed by atoms with Crippen LogP contribution in [-0.4, -0.2) is 0 Å². The van der Waals surface area contributed by atoms with Gasteiger partial charge in [0.25, 0.3) is 0 Å². The molecule has 0 amide bonds. The lowest BCUT2D eigenvalue weighted by Gasteiger charge is -2.30. The molecule has 22 heavy (non-hydrogen) atoms. The fourth-order valence-electron chi connectivity index (χ4n) is 3.09. The summed E-state index contributed by atoms with van der Waals surface area (Å²) in [6.07, 6.45) is 0. The first-order chi connectivity index (χ1) is 10.8. The summed E-state index contributed by atoms with van der Waals surface area (Å²) >= 11 is 0. The third-order valence-electron chi connectivity index (χ3n) is 4.13. The maximum absolute atomic E-state index is 6.47. The van der Waals surface area contributed by atoms with Crippen LogP contribution in [0.25, 0.3) is 11.1 Å². The molecule has 0 bridgehead atoms. The predicted octanol–water partition coefficient (Wildman–Crippen LogP) is 4.71. The van der Waals surface area contributed by atoms with Gasteiger partial charge >= 0.3 is 0 Å². The molecule has 1 unspecified atom stereocenters. The minimum Gasteiger partial charge on any atom is -0.464 e. The molecule has 0 saturated heterocycles. The molecule has 4 rings (SSSR count). The van der Waals surface area contributed by atoms with Gasteiger partial charge in [-0.25, -0.2) is 0 Å². The lowest BCUT2D eigenvalue weighted by atomic mass is 10.0. The number of para-hydroxylation sites is 1. The van der Waals surface area contributed by atoms with Crippen molar-refractivity contribution in [1.29, 1.82) is 0 Å². The van der Waals surface area contributed by atoms with E-state index in [0.29, 0.717) is 0 Å². The summed E-state index contributed by atoms with van der Waals surface area (Å²) in [7, 11) is -0.811. The van der Waals surface area contributed by atoms with Gasteiger partial charge in [-0.15, -0.1) is 0 Å². The van der Waals surface area contributed by atoms with E-state index in [0.717, 1.165) is 5.75 Å². The highest BCUT2D eigenvalue weighted by molar-refractivity contribution is 7.69. The van der Waals surface area contributed by atoms with Gasteiger partial charge in [-0.05, 0) is 36.6 Å². The van der Waals surface area contributed by atoms with Crippen molar-refractivity contribution in [2.24, 2.45) is 0 Å². The first kappa shape index (κ1) is 13.5. The number of aryl methyl sites for hydroxylation is 2. The summed E-state index contributed by atoms with van der Waals surface area (Å²) in [5.74, 6) is 0.995. The van der Waals surface area contributed by atoms with Crippen LogP contribution in [-0.2, 0) is 0 Å². The van der Waals surface area contributed by atoms with E-state index in [9.17, 15) is 0 Å². The summed E-state index contributed by atoms with van der Waals surface area (Å²) in [4.78, 5) is 0. The highest BCUT2D eigenvalue weighted by Crippen LogP contribution is 2.48. The molecule has 108 valence electrons. The molecule has 3 aromatic carbocycles. The van der Waals surface area contributed by atoms with Crippen molar-refractivity contribution in [2.75, 3.05) is 0 Å². The summed E-state index contributed by atoms with van der Waals surface area (Å²) in [5, 5.41) is 2.66. The quantitative estimate of drug-likeness (QED) is 0.592. The first-order valence-corrected chi connectivity index (χ1v) is 8.74. The van der Waals surface area contributed by atoms with Crippen LogP contribution in [0.3, 0.4) is 0 Å². The Kier molecular flexibility index (Phi) is 3.24. The molecule has 2 heteroatoms. The van der Waals surface area contributed by atoms with E-state index in [1.54, 1.807) is 0 Å². The number of hydrogen-bond acceptors (Lipinski definition) is 1. The highest BCUT2D eigenvalue weighted by Gasteiger charge is 2.29. The average molecular weight is 304 g/mol. The Hall–Kier alpha value is -2.11. The zero-order chi connectivity index (χ0) is 15.1. The molecule has 1 aliphatic rings. The van der Waals surface area contributed by atoms with Gasteiger partial charge in [-0.2, -0.15) is 0 Å². The van der Waals surface area contributed by atoms with E-state index in [-0.39, 0.29) is 0 Å². The van der Waals surface area contributed by atoms with Gasteiger partial charge in [0.1, 0.15) is 5.75 Å². The lowest BCUT2D eigenvalue weighted by molar-refractivity contribution is 0.628. The van der Waals surface area contributed by atoms with E-state index in [1.807, 2.05) is 6.07 Å². The maximum atomic E-state index is 6.47. The van der Waals surface area contributed by atoms with Gasteiger partial charge in [0, 0.05) is 16.2 Å². The molecular formula is C20H17OP. The second kappa shape index (κ2) is 5.26. The molecule has 0 aromatic heterocycles. The number of rotatable bonds is 1. The maximum Gasteiger partial charge on any atom is 0.151 e. The van der Waals surface area contributed by atoms with Crippen molar-refractivity contribution >= 4 is 18.8 Å². The standard InChI is InChI=1S/C20H17OP/c1-14-8-7-9-15(2)20(14)22-19-13-6-4-11-17(19)16-10-3-5-12-18(16)21-22/h3-13H,1-2H3. The van der Waals surface area contributed by atoms with Crippen LogP contribution >= 0.6 is 8.15 Å². The summed E-state index contributed by atoms with van der Waals surface area (Å²) < 4.78 is 6.47. The Bertz CT molecular complexity index is 834. The third-order valence-corrected chi connectivity index (χ3v) is 6.45. The van der Waals surface area contributed by atoms with Crippen molar-refractivity contribution in [2.45, 2.75) is 13.8 Å². The number of hydrogen-bond donors (Lipinski definition) is 0. The summed E-state index contributed by atoms with van der Waals surface area (Å²) in [6.45, 7) is 4.36. The molecular weight excluding hydrogens is 287 g/mol. The molecule has 1 heterocycles. The normalized spacial score (nSPS) is 15.6. The predicted molar refractivity (Wildman–Crippen MR) is 94.6 cm³/mol. The van der Waals surface area contributed by atoms with Crippen LogP contribution in [0.2, 0.25) is 0 Å². The van der Waals surface area contributed by atoms with Crippen molar-refractivity contribution < 1.29 is 4.52 Å². The van der Waals surface area contributed by atoms with Crippen LogP contribution in [0.5, 0.6) is 5.75 Å². The third kappa shape index (κ3) is 2.05. The minimum atomic E-state index is -0.811. The SMILES string of the molecule is Cc1cccc(C)c1P1Oc2ccccc2-c2ccccc21. The molecule has 0 spiro atoms. The molecule has 1 atom stereocenters. The largest absolute Gasteiger partial charge is 0.464 e. The number of fused-ring (bicyclic) bond motifs is 3. The van der Waals surface area contributed by atoms with Crippen LogP contribution in [0.4, 0.5) is 0 Å². The van der Waals surface area contributed by atoms with E-state index in [2.05, 4.69) is 74.5 Å². The van der Waals surface area contributed by atoms with Gasteiger partial charge in [0.2, 0.25) is 0 Å². The summed E-state index contributed by atoms with van der Waals surface area (Å²) in [6, 6.07) is 23.5. The lowest BCUT2D eigenvalue weighted by Crippen LogP contribution is -2.24. The van der Waals surface area contributed by atoms with Crippen LogP contribution < -0.4 is 15.1 Å². The van der Waals surface area contributed by atoms with Crippen molar-refractivity contribution in [1.82, 2.24) is 0 Å². The van der Waals surface area contributed by atoms with E-state index in [4.69, 9.17) is 4.52 Å². The van der Waals surface area contributed by atoms with Crippen molar-refractivity contribution in [3.63, 3.8) is 0 Å². The van der Waals surface area contributed by atoms with Crippen molar-refractivity contribution in [3.8, 4) is 16.9 Å². The Morgan fingerprint density at radius 2 is 1.32 bits per heavy atom. The molecule has 1 nitrogen and oxygen atoms in total. The molecule has 3 aromatic rings. The Morgan fingerprint density at radius 1 is 0.682 bits per heavy atom. The zero-order valence-electron chi connectivity index (χ0n) is 12.7. The Balaban J connectivity index is 1.97. The van der Waals surface area contributed by atoms with Gasteiger partial charge in [-0.1, -0.05) is 60.7 Å². The van der Waals surface area contributed by atoms with E-state index >= 15 is 0 Å². The smallest absolute Gasteiger partial charge is 0.151 e. The van der Waals surface area contributed by atoms with E-state index < -0.39 is 8.15 Å². The van der Waals surface area contributed by atoms with Gasteiger partial charge in [-0.3, -0.25) is 0 Å². The average Bonchev–Trinajstić information content (AvgIpc) is 2.55. The minimum absolute atomic E-state index is 0.811. The fraction of sp³-hybridized carbons (Fsp3) is 0.100. The molecule has 1 aliphatic heterocycles. The second-order valence-corrected chi connectivity index (χ2v) is 7.34. The van der Waals surface area contributed by atoms with Crippen molar-refractivity contribution in [3.05, 3.63) is 77.9 Å². The highest BCUT2D eigenvalue weighted by atomic mass is 31.1. The van der Waals surface area contributed by atoms with Crippen LogP contribution in [0.1, 0.15) is 11.1 Å². The molecule has 0 aliphatic carbocycles. The zero-order valence-corrected chi connectivity index (χ0v) is 13.6. The summed E-state index contributed by atoms with van der Waals surface area (Å²) in [5.41, 5.74) is 5.11. The van der Waals surface area contributed by atoms with Gasteiger partial charge in [0.15, 0.2) is 8.15 Å². The molecule has 0 saturated carbocycles. The fourth-order valence-corrected chi connectivity index (χ4v) is 5.30. The monoisotopic (exact) mass is 304 g/mol. The first-order valence-electron chi connectivity index (χ1n) is 7.48. The van der Waals surface area contributed by atoms with Crippen LogP contribution in [0.15, 0.2) is 66.7 Å². The Morgan fingerprint density at radius 3 is 2.09 bits per heavy atom. The topological polar surface area (TPSA) is 9.23 Å². The van der Waals surface area contributed by atoms with Gasteiger partial charge < -0.3 is 4.52 Å². The van der Waals surface area contributed by atoms with Gasteiger partial charge in [0.05, 0.1) is 0 Å². The molecule has 0 radical (unpaired) electrons. The van der Waals surface area contributed by atoms with Crippen LogP contribution in [0, 0.1) is 13.8 Å². The Labute approximate surface area is 132 Å².